The molecule has 1 amide bonds. The second kappa shape index (κ2) is 5.09. The number of aryl methyl sites for hydroxylation is 2. The Bertz CT molecular complexity index is 660. The molecule has 1 aliphatic rings. The molecule has 0 saturated heterocycles. The summed E-state index contributed by atoms with van der Waals surface area (Å²) in [6.07, 6.45) is 3.37. The SMILES string of the molecule is Cc1nc(-c2ccc3c(c2)CCC(=O)N3)cn1CCN. The van der Waals surface area contributed by atoms with Crippen LogP contribution in [0.1, 0.15) is 17.8 Å². The number of nitrogens with one attached hydrogen (secondary N) is 1. The maximum atomic E-state index is 11.4. The maximum Gasteiger partial charge on any atom is 0.224 e. The van der Waals surface area contributed by atoms with E-state index >= 15 is 0 Å². The van der Waals surface area contributed by atoms with Gasteiger partial charge in [0.05, 0.1) is 5.69 Å². The number of benzene rings is 1. The Morgan fingerprint density at radius 3 is 3.05 bits per heavy atom. The number of nitrogens with zero attached hydrogens (tertiary/aromatic N) is 2. The topological polar surface area (TPSA) is 72.9 Å². The smallest absolute Gasteiger partial charge is 0.224 e. The Kier molecular flexibility index (Phi) is 3.28. The Morgan fingerprint density at radius 2 is 2.25 bits per heavy atom. The third-order valence-corrected chi connectivity index (χ3v) is 3.64. The number of fused-ring (bicyclic) bond motifs is 1. The number of rotatable bonds is 3. The molecular formula is C15H18N4O. The van der Waals surface area contributed by atoms with Crippen LogP contribution in [0.15, 0.2) is 24.4 Å². The number of anilines is 1. The molecule has 104 valence electrons. The molecule has 5 heteroatoms. The van der Waals surface area contributed by atoms with Crippen LogP contribution in [0.4, 0.5) is 5.69 Å². The number of amides is 1. The fourth-order valence-corrected chi connectivity index (χ4v) is 2.56. The molecular weight excluding hydrogens is 252 g/mol. The van der Waals surface area contributed by atoms with Gasteiger partial charge in [0.1, 0.15) is 5.82 Å². The summed E-state index contributed by atoms with van der Waals surface area (Å²) in [4.78, 5) is 15.9. The van der Waals surface area contributed by atoms with Crippen molar-refractivity contribution in [3.8, 4) is 11.3 Å². The van der Waals surface area contributed by atoms with Crippen LogP contribution in [-0.4, -0.2) is 22.0 Å². The van der Waals surface area contributed by atoms with Crippen LogP contribution in [0.5, 0.6) is 0 Å². The highest BCUT2D eigenvalue weighted by molar-refractivity contribution is 5.94. The molecule has 2 heterocycles. The van der Waals surface area contributed by atoms with Crippen molar-refractivity contribution in [1.82, 2.24) is 9.55 Å². The number of aromatic nitrogens is 2. The van der Waals surface area contributed by atoms with Gasteiger partial charge in [-0.15, -0.1) is 0 Å². The summed E-state index contributed by atoms with van der Waals surface area (Å²) in [5.41, 5.74) is 9.72. The number of carbonyl (C=O) groups excluding carboxylic acids is 1. The first-order valence-electron chi connectivity index (χ1n) is 6.84. The zero-order valence-corrected chi connectivity index (χ0v) is 11.5. The van der Waals surface area contributed by atoms with E-state index in [9.17, 15) is 4.79 Å². The molecule has 0 radical (unpaired) electrons. The fraction of sp³-hybridized carbons (Fsp3) is 0.333. The minimum Gasteiger partial charge on any atom is -0.333 e. The average Bonchev–Trinajstić information content (AvgIpc) is 2.80. The van der Waals surface area contributed by atoms with Gasteiger partial charge in [0.2, 0.25) is 5.91 Å². The van der Waals surface area contributed by atoms with Crippen molar-refractivity contribution in [1.29, 1.82) is 0 Å². The number of carbonyl (C=O) groups is 1. The number of imidazole rings is 1. The molecule has 3 N–H and O–H groups in total. The van der Waals surface area contributed by atoms with Gasteiger partial charge in [-0.2, -0.15) is 0 Å². The molecule has 2 aromatic rings. The first-order valence-corrected chi connectivity index (χ1v) is 6.84. The number of hydrogen-bond donors (Lipinski definition) is 2. The van der Waals surface area contributed by atoms with Crippen LogP contribution in [0.3, 0.4) is 0 Å². The second-order valence-corrected chi connectivity index (χ2v) is 5.08. The van der Waals surface area contributed by atoms with Gasteiger partial charge in [0.25, 0.3) is 0 Å². The highest BCUT2D eigenvalue weighted by atomic mass is 16.1. The van der Waals surface area contributed by atoms with E-state index in [-0.39, 0.29) is 5.91 Å². The maximum absolute atomic E-state index is 11.4. The summed E-state index contributed by atoms with van der Waals surface area (Å²) in [6, 6.07) is 6.07. The van der Waals surface area contributed by atoms with Crippen LogP contribution in [-0.2, 0) is 17.8 Å². The van der Waals surface area contributed by atoms with Gasteiger partial charge in [-0.25, -0.2) is 4.98 Å². The molecule has 0 aliphatic carbocycles. The van der Waals surface area contributed by atoms with Crippen LogP contribution < -0.4 is 11.1 Å². The molecule has 3 rings (SSSR count). The van der Waals surface area contributed by atoms with Gasteiger partial charge in [-0.3, -0.25) is 4.79 Å². The standard InChI is InChI=1S/C15H18N4O/c1-10-17-14(9-19(10)7-6-16)12-2-4-13-11(8-12)3-5-15(20)18-13/h2,4,8-9H,3,5-7,16H2,1H3,(H,18,20). The average molecular weight is 270 g/mol. The minimum absolute atomic E-state index is 0.0910. The molecule has 1 aliphatic heterocycles. The molecule has 0 saturated carbocycles. The van der Waals surface area contributed by atoms with E-state index in [0.717, 1.165) is 35.7 Å². The first kappa shape index (κ1) is 12.9. The lowest BCUT2D eigenvalue weighted by Gasteiger charge is -2.17. The van der Waals surface area contributed by atoms with Crippen molar-refractivity contribution < 1.29 is 4.79 Å². The first-order chi connectivity index (χ1) is 9.67. The monoisotopic (exact) mass is 270 g/mol. The molecule has 1 aromatic carbocycles. The van der Waals surface area contributed by atoms with Crippen LogP contribution in [0.25, 0.3) is 11.3 Å². The van der Waals surface area contributed by atoms with E-state index in [2.05, 4.69) is 20.9 Å². The van der Waals surface area contributed by atoms with Gasteiger partial charge in [0.15, 0.2) is 0 Å². The van der Waals surface area contributed by atoms with Crippen LogP contribution in [0.2, 0.25) is 0 Å². The van der Waals surface area contributed by atoms with Crippen molar-refractivity contribution in [2.24, 2.45) is 5.73 Å². The van der Waals surface area contributed by atoms with Gasteiger partial charge in [0, 0.05) is 37.0 Å². The van der Waals surface area contributed by atoms with Crippen LogP contribution >= 0.6 is 0 Å². The van der Waals surface area contributed by atoms with E-state index in [1.54, 1.807) is 0 Å². The van der Waals surface area contributed by atoms with Crippen molar-refractivity contribution in [2.75, 3.05) is 11.9 Å². The lowest BCUT2D eigenvalue weighted by atomic mass is 9.99. The Hall–Kier alpha value is -2.14. The largest absolute Gasteiger partial charge is 0.333 e. The minimum atomic E-state index is 0.0910. The Morgan fingerprint density at radius 1 is 1.40 bits per heavy atom. The van der Waals surface area contributed by atoms with E-state index < -0.39 is 0 Å². The lowest BCUT2D eigenvalue weighted by molar-refractivity contribution is -0.116. The molecule has 0 spiro atoms. The van der Waals surface area contributed by atoms with Gasteiger partial charge < -0.3 is 15.6 Å². The van der Waals surface area contributed by atoms with Crippen molar-refractivity contribution >= 4 is 11.6 Å². The number of nitrogens with two attached hydrogens (primary N) is 1. The lowest BCUT2D eigenvalue weighted by Crippen LogP contribution is -2.18. The number of hydrogen-bond acceptors (Lipinski definition) is 3. The molecule has 0 fully saturated rings. The molecule has 20 heavy (non-hydrogen) atoms. The molecule has 1 aromatic heterocycles. The summed E-state index contributed by atoms with van der Waals surface area (Å²) in [6.45, 7) is 3.37. The van der Waals surface area contributed by atoms with Crippen molar-refractivity contribution in [3.05, 3.63) is 35.8 Å². The van der Waals surface area contributed by atoms with Gasteiger partial charge >= 0.3 is 0 Å². The highest BCUT2D eigenvalue weighted by Crippen LogP contribution is 2.28. The molecule has 0 bridgehead atoms. The Labute approximate surface area is 117 Å². The normalized spacial score (nSPS) is 14.0. The van der Waals surface area contributed by atoms with E-state index in [1.165, 1.54) is 5.56 Å². The van der Waals surface area contributed by atoms with Crippen LogP contribution in [0, 0.1) is 6.92 Å². The van der Waals surface area contributed by atoms with E-state index in [4.69, 9.17) is 5.73 Å². The molecule has 0 atom stereocenters. The summed E-state index contributed by atoms with van der Waals surface area (Å²) in [5, 5.41) is 2.89. The molecule has 5 nitrogen and oxygen atoms in total. The van der Waals surface area contributed by atoms with Crippen molar-refractivity contribution in [3.63, 3.8) is 0 Å². The van der Waals surface area contributed by atoms with E-state index in [1.807, 2.05) is 25.3 Å². The predicted molar refractivity (Wildman–Crippen MR) is 78.4 cm³/mol. The third-order valence-electron chi connectivity index (χ3n) is 3.64. The summed E-state index contributed by atoms with van der Waals surface area (Å²) >= 11 is 0. The van der Waals surface area contributed by atoms with Gasteiger partial charge in [-0.1, -0.05) is 6.07 Å². The Balaban J connectivity index is 1.95. The fourth-order valence-electron chi connectivity index (χ4n) is 2.56. The summed E-state index contributed by atoms with van der Waals surface area (Å²) in [7, 11) is 0. The zero-order valence-electron chi connectivity index (χ0n) is 11.5. The van der Waals surface area contributed by atoms with Gasteiger partial charge in [-0.05, 0) is 31.0 Å². The summed E-state index contributed by atoms with van der Waals surface area (Å²) in [5.74, 6) is 1.06. The zero-order chi connectivity index (χ0) is 14.1. The van der Waals surface area contributed by atoms with E-state index in [0.29, 0.717) is 13.0 Å². The highest BCUT2D eigenvalue weighted by Gasteiger charge is 2.16. The molecule has 0 unspecified atom stereocenters. The summed E-state index contributed by atoms with van der Waals surface area (Å²) < 4.78 is 2.07. The van der Waals surface area contributed by atoms with Crippen molar-refractivity contribution in [2.45, 2.75) is 26.3 Å². The predicted octanol–water partition coefficient (Wildman–Crippen LogP) is 1.70. The second-order valence-electron chi connectivity index (χ2n) is 5.08. The quantitative estimate of drug-likeness (QED) is 0.891. The third kappa shape index (κ3) is 2.32.